The van der Waals surface area contributed by atoms with Crippen molar-refractivity contribution in [2.24, 2.45) is 5.92 Å². The van der Waals surface area contributed by atoms with E-state index >= 15 is 0 Å². The topological polar surface area (TPSA) is 75.7 Å². The number of benzene rings is 2. The Bertz CT molecular complexity index is 990. The van der Waals surface area contributed by atoms with Crippen LogP contribution in [0.15, 0.2) is 47.4 Å². The van der Waals surface area contributed by atoms with Crippen LogP contribution in [0.1, 0.15) is 24.0 Å². The molecule has 1 aliphatic rings. The zero-order valence-corrected chi connectivity index (χ0v) is 18.8. The molecule has 1 fully saturated rings. The van der Waals surface area contributed by atoms with E-state index in [0.29, 0.717) is 37.9 Å². The molecule has 1 unspecified atom stereocenters. The molecule has 30 heavy (non-hydrogen) atoms. The predicted molar refractivity (Wildman–Crippen MR) is 117 cm³/mol. The Balaban J connectivity index is 1.63. The maximum absolute atomic E-state index is 13.2. The molecule has 0 radical (unpaired) electrons. The fraction of sp³-hybridized carbons (Fsp3) is 0.409. The summed E-state index contributed by atoms with van der Waals surface area (Å²) in [6.45, 7) is 2.74. The first-order valence-electron chi connectivity index (χ1n) is 9.99. The maximum Gasteiger partial charge on any atom is 0.244 e. The van der Waals surface area contributed by atoms with Crippen LogP contribution in [-0.2, 0) is 21.2 Å². The van der Waals surface area contributed by atoms with E-state index in [1.807, 2.05) is 24.3 Å². The van der Waals surface area contributed by atoms with E-state index in [-0.39, 0.29) is 28.3 Å². The first-order chi connectivity index (χ1) is 14.3. The number of sulfonamides is 1. The third kappa shape index (κ3) is 4.96. The van der Waals surface area contributed by atoms with Crippen molar-refractivity contribution in [2.75, 3.05) is 26.7 Å². The Labute approximate surface area is 183 Å². The highest BCUT2D eigenvalue weighted by Gasteiger charge is 2.35. The number of para-hydroxylation sites is 1. The second-order valence-corrected chi connectivity index (χ2v) is 9.72. The van der Waals surface area contributed by atoms with Crippen LogP contribution >= 0.6 is 11.6 Å². The highest BCUT2D eigenvalue weighted by Crippen LogP contribution is 2.30. The number of methoxy groups -OCH3 is 1. The number of ether oxygens (including phenoxy) is 1. The molecule has 1 amide bonds. The quantitative estimate of drug-likeness (QED) is 0.701. The standard InChI is InChI=1S/C22H27ClN2O4S/c1-16-7-5-10-19(23)21(16)30(27,28)25-14-6-9-18(15-25)22(26)24-13-12-17-8-3-4-11-20(17)29-2/h3-5,7-8,10-11,18H,6,9,12-15H2,1-2H3,(H,24,26). The molecule has 0 bridgehead atoms. The Morgan fingerprint density at radius 3 is 2.73 bits per heavy atom. The first kappa shape index (κ1) is 22.6. The van der Waals surface area contributed by atoms with Crippen molar-refractivity contribution in [2.45, 2.75) is 31.1 Å². The monoisotopic (exact) mass is 450 g/mol. The summed E-state index contributed by atoms with van der Waals surface area (Å²) in [6, 6.07) is 12.7. The minimum absolute atomic E-state index is 0.124. The van der Waals surface area contributed by atoms with E-state index in [2.05, 4.69) is 5.32 Å². The summed E-state index contributed by atoms with van der Waals surface area (Å²) in [7, 11) is -2.14. The maximum atomic E-state index is 13.2. The van der Waals surface area contributed by atoms with E-state index in [1.54, 1.807) is 32.2 Å². The zero-order valence-electron chi connectivity index (χ0n) is 17.2. The van der Waals surface area contributed by atoms with Gasteiger partial charge in [-0.1, -0.05) is 41.9 Å². The molecular formula is C22H27ClN2O4S. The smallest absolute Gasteiger partial charge is 0.244 e. The highest BCUT2D eigenvalue weighted by molar-refractivity contribution is 7.89. The summed E-state index contributed by atoms with van der Waals surface area (Å²) in [6.07, 6.45) is 1.94. The molecule has 1 atom stereocenters. The molecule has 0 aliphatic carbocycles. The van der Waals surface area contributed by atoms with Crippen molar-refractivity contribution in [1.29, 1.82) is 0 Å². The van der Waals surface area contributed by atoms with Gasteiger partial charge in [0.05, 0.1) is 18.1 Å². The van der Waals surface area contributed by atoms with Gasteiger partial charge in [-0.2, -0.15) is 4.31 Å². The summed E-state index contributed by atoms with van der Waals surface area (Å²) in [4.78, 5) is 12.8. The van der Waals surface area contributed by atoms with Gasteiger partial charge in [-0.05, 0) is 49.4 Å². The summed E-state index contributed by atoms with van der Waals surface area (Å²) in [5, 5.41) is 3.15. The molecule has 8 heteroatoms. The number of aryl methyl sites for hydroxylation is 1. The van der Waals surface area contributed by atoms with Crippen molar-refractivity contribution in [3.8, 4) is 5.75 Å². The Hall–Kier alpha value is -2.09. The molecule has 1 N–H and O–H groups in total. The van der Waals surface area contributed by atoms with E-state index < -0.39 is 10.0 Å². The number of hydrogen-bond acceptors (Lipinski definition) is 4. The minimum atomic E-state index is -3.76. The predicted octanol–water partition coefficient (Wildman–Crippen LogP) is 3.42. The van der Waals surface area contributed by atoms with E-state index in [4.69, 9.17) is 16.3 Å². The highest BCUT2D eigenvalue weighted by atomic mass is 35.5. The minimum Gasteiger partial charge on any atom is -0.496 e. The van der Waals surface area contributed by atoms with Crippen molar-refractivity contribution in [3.63, 3.8) is 0 Å². The average molecular weight is 451 g/mol. The largest absolute Gasteiger partial charge is 0.496 e. The van der Waals surface area contributed by atoms with E-state index in [0.717, 1.165) is 11.3 Å². The van der Waals surface area contributed by atoms with Gasteiger partial charge in [-0.25, -0.2) is 8.42 Å². The first-order valence-corrected chi connectivity index (χ1v) is 11.8. The summed E-state index contributed by atoms with van der Waals surface area (Å²) < 4.78 is 33.0. The molecule has 162 valence electrons. The van der Waals surface area contributed by atoms with Gasteiger partial charge in [0.25, 0.3) is 0 Å². The number of carbonyl (C=O) groups excluding carboxylic acids is 1. The van der Waals surface area contributed by atoms with Crippen LogP contribution in [0.4, 0.5) is 0 Å². The van der Waals surface area contributed by atoms with Crippen LogP contribution in [0.2, 0.25) is 5.02 Å². The fourth-order valence-electron chi connectivity index (χ4n) is 3.82. The zero-order chi connectivity index (χ0) is 21.7. The normalized spacial score (nSPS) is 17.5. The van der Waals surface area contributed by atoms with Gasteiger partial charge in [0.2, 0.25) is 15.9 Å². The van der Waals surface area contributed by atoms with Crippen LogP contribution in [0.3, 0.4) is 0 Å². The lowest BCUT2D eigenvalue weighted by atomic mass is 9.98. The lowest BCUT2D eigenvalue weighted by Crippen LogP contribution is -2.45. The molecule has 1 aliphatic heterocycles. The molecule has 0 spiro atoms. The average Bonchev–Trinajstić information content (AvgIpc) is 2.74. The van der Waals surface area contributed by atoms with Crippen LogP contribution in [0.25, 0.3) is 0 Å². The molecule has 2 aromatic carbocycles. The molecule has 6 nitrogen and oxygen atoms in total. The second kappa shape index (κ2) is 9.81. The summed E-state index contributed by atoms with van der Waals surface area (Å²) in [5.41, 5.74) is 1.62. The van der Waals surface area contributed by atoms with Crippen molar-refractivity contribution in [1.82, 2.24) is 9.62 Å². The van der Waals surface area contributed by atoms with Crippen LogP contribution < -0.4 is 10.1 Å². The molecule has 0 aromatic heterocycles. The Kier molecular flexibility index (Phi) is 7.39. The van der Waals surface area contributed by atoms with Crippen LogP contribution in [0, 0.1) is 12.8 Å². The van der Waals surface area contributed by atoms with Crippen molar-refractivity contribution in [3.05, 3.63) is 58.6 Å². The number of nitrogens with one attached hydrogen (secondary N) is 1. The number of halogens is 1. The Morgan fingerprint density at radius 2 is 2.00 bits per heavy atom. The number of piperidine rings is 1. The number of nitrogens with zero attached hydrogens (tertiary/aromatic N) is 1. The molecular weight excluding hydrogens is 424 g/mol. The van der Waals surface area contributed by atoms with Gasteiger partial charge in [-0.3, -0.25) is 4.79 Å². The lowest BCUT2D eigenvalue weighted by molar-refractivity contribution is -0.126. The number of hydrogen-bond donors (Lipinski definition) is 1. The van der Waals surface area contributed by atoms with Gasteiger partial charge in [0.1, 0.15) is 10.6 Å². The molecule has 0 saturated carbocycles. The lowest BCUT2D eigenvalue weighted by Gasteiger charge is -2.31. The SMILES string of the molecule is COc1ccccc1CCNC(=O)C1CCCN(S(=O)(=O)c2c(C)cccc2Cl)C1. The fourth-order valence-corrected chi connectivity index (χ4v) is 6.13. The van der Waals surface area contributed by atoms with Gasteiger partial charge in [-0.15, -0.1) is 0 Å². The third-order valence-electron chi connectivity index (χ3n) is 5.40. The van der Waals surface area contributed by atoms with Crippen LogP contribution in [-0.4, -0.2) is 45.4 Å². The van der Waals surface area contributed by atoms with E-state index in [1.165, 1.54) is 4.31 Å². The second-order valence-electron chi connectivity index (χ2n) is 7.44. The molecule has 2 aromatic rings. The van der Waals surface area contributed by atoms with Crippen LogP contribution in [0.5, 0.6) is 5.75 Å². The van der Waals surface area contributed by atoms with Crippen molar-refractivity contribution < 1.29 is 17.9 Å². The van der Waals surface area contributed by atoms with Gasteiger partial charge in [0, 0.05) is 19.6 Å². The van der Waals surface area contributed by atoms with E-state index in [9.17, 15) is 13.2 Å². The summed E-state index contributed by atoms with van der Waals surface area (Å²) >= 11 is 6.19. The van der Waals surface area contributed by atoms with Gasteiger partial charge >= 0.3 is 0 Å². The van der Waals surface area contributed by atoms with Crippen molar-refractivity contribution >= 4 is 27.5 Å². The number of carbonyl (C=O) groups is 1. The Morgan fingerprint density at radius 1 is 1.23 bits per heavy atom. The number of amides is 1. The molecule has 3 rings (SSSR count). The molecule has 1 saturated heterocycles. The number of rotatable bonds is 7. The summed E-state index contributed by atoms with van der Waals surface area (Å²) in [5.74, 6) is 0.284. The molecule has 1 heterocycles. The van der Waals surface area contributed by atoms with Gasteiger partial charge in [0.15, 0.2) is 0 Å². The van der Waals surface area contributed by atoms with Gasteiger partial charge < -0.3 is 10.1 Å². The third-order valence-corrected chi connectivity index (χ3v) is 7.90.